The number of carbonyl (C=O) groups excluding carboxylic acids is 1. The van der Waals surface area contributed by atoms with Gasteiger partial charge in [0.05, 0.1) is 11.2 Å². The maximum Gasteiger partial charge on any atom is 0.338 e. The zero-order chi connectivity index (χ0) is 13.0. The van der Waals surface area contributed by atoms with E-state index in [9.17, 15) is 9.90 Å². The van der Waals surface area contributed by atoms with Crippen molar-refractivity contribution in [1.82, 2.24) is 0 Å². The van der Waals surface area contributed by atoms with E-state index in [0.29, 0.717) is 12.0 Å². The predicted molar refractivity (Wildman–Crippen MR) is 69.2 cm³/mol. The molecule has 1 N–H and O–H groups in total. The molecule has 2 rings (SSSR count). The Morgan fingerprint density at radius 3 is 2.72 bits per heavy atom. The molecule has 1 aliphatic carbocycles. The van der Waals surface area contributed by atoms with Crippen molar-refractivity contribution in [1.29, 1.82) is 0 Å². The largest absolute Gasteiger partial charge is 0.457 e. The summed E-state index contributed by atoms with van der Waals surface area (Å²) in [7, 11) is 0. The van der Waals surface area contributed by atoms with Gasteiger partial charge in [0.15, 0.2) is 0 Å². The van der Waals surface area contributed by atoms with Gasteiger partial charge in [-0.15, -0.1) is 0 Å². The van der Waals surface area contributed by atoms with Gasteiger partial charge in [-0.2, -0.15) is 0 Å². The summed E-state index contributed by atoms with van der Waals surface area (Å²) in [5.74, 6) is -0.331. The van der Waals surface area contributed by atoms with E-state index >= 15 is 0 Å². The quantitative estimate of drug-likeness (QED) is 0.831. The smallest absolute Gasteiger partial charge is 0.338 e. The minimum absolute atomic E-state index is 0.236. The number of hydrogen-bond acceptors (Lipinski definition) is 3. The summed E-state index contributed by atoms with van der Waals surface area (Å²) >= 11 is 0. The van der Waals surface area contributed by atoms with Crippen LogP contribution in [-0.4, -0.2) is 23.3 Å². The van der Waals surface area contributed by atoms with Crippen LogP contribution in [0.2, 0.25) is 0 Å². The van der Waals surface area contributed by atoms with Crippen LogP contribution in [0, 0.1) is 0 Å². The third-order valence-electron chi connectivity index (χ3n) is 2.81. The molecule has 0 saturated heterocycles. The van der Waals surface area contributed by atoms with Crippen LogP contribution in [-0.2, 0) is 4.74 Å². The van der Waals surface area contributed by atoms with Crippen molar-refractivity contribution in [3.63, 3.8) is 0 Å². The van der Waals surface area contributed by atoms with Crippen molar-refractivity contribution >= 4 is 5.97 Å². The van der Waals surface area contributed by atoms with Gasteiger partial charge in [0.1, 0.15) is 6.61 Å². The van der Waals surface area contributed by atoms with Crippen molar-refractivity contribution in [2.75, 3.05) is 6.61 Å². The predicted octanol–water partition coefficient (Wildman–Crippen LogP) is 2.48. The highest BCUT2D eigenvalue weighted by Gasteiger charge is 2.18. The molecule has 0 radical (unpaired) electrons. The Bertz CT molecular complexity index is 484. The van der Waals surface area contributed by atoms with Gasteiger partial charge in [0.2, 0.25) is 0 Å². The standard InChI is InChI=1S/C15H16O3/c1-15(17)9-7-12(8-10-15)11-18-14(16)13-5-3-2-4-6-13/h2-9,17H,10-11H2,1H3. The minimum Gasteiger partial charge on any atom is -0.457 e. The van der Waals surface area contributed by atoms with Gasteiger partial charge in [-0.05, 0) is 31.1 Å². The Morgan fingerprint density at radius 1 is 1.39 bits per heavy atom. The Kier molecular flexibility index (Phi) is 3.63. The summed E-state index contributed by atoms with van der Waals surface area (Å²) in [4.78, 5) is 11.7. The summed E-state index contributed by atoms with van der Waals surface area (Å²) in [5, 5.41) is 9.71. The Balaban J connectivity index is 1.89. The number of esters is 1. The van der Waals surface area contributed by atoms with E-state index in [1.54, 1.807) is 43.3 Å². The highest BCUT2D eigenvalue weighted by atomic mass is 16.5. The molecule has 0 aliphatic heterocycles. The van der Waals surface area contributed by atoms with E-state index in [-0.39, 0.29) is 12.6 Å². The molecule has 3 heteroatoms. The third-order valence-corrected chi connectivity index (χ3v) is 2.81. The molecule has 1 aromatic carbocycles. The van der Waals surface area contributed by atoms with E-state index in [1.807, 2.05) is 12.1 Å². The second-order valence-electron chi connectivity index (χ2n) is 4.62. The molecule has 3 nitrogen and oxygen atoms in total. The van der Waals surface area contributed by atoms with Crippen LogP contribution in [0.25, 0.3) is 0 Å². The maximum absolute atomic E-state index is 11.7. The summed E-state index contributed by atoms with van der Waals surface area (Å²) in [5.41, 5.74) is 0.670. The highest BCUT2D eigenvalue weighted by molar-refractivity contribution is 5.89. The molecule has 94 valence electrons. The summed E-state index contributed by atoms with van der Waals surface area (Å²) < 4.78 is 5.20. The fourth-order valence-corrected chi connectivity index (χ4v) is 1.67. The first-order chi connectivity index (χ1) is 8.57. The fraction of sp³-hybridized carbons (Fsp3) is 0.267. The molecule has 0 amide bonds. The zero-order valence-corrected chi connectivity index (χ0v) is 10.3. The second kappa shape index (κ2) is 5.19. The van der Waals surface area contributed by atoms with E-state index in [0.717, 1.165) is 5.57 Å². The number of aliphatic hydroxyl groups is 1. The van der Waals surface area contributed by atoms with Crippen LogP contribution in [0.3, 0.4) is 0 Å². The van der Waals surface area contributed by atoms with Crippen LogP contribution in [0.4, 0.5) is 0 Å². The Labute approximate surface area is 106 Å². The van der Waals surface area contributed by atoms with Crippen LogP contribution in [0.5, 0.6) is 0 Å². The van der Waals surface area contributed by atoms with Gasteiger partial charge >= 0.3 is 5.97 Å². The first kappa shape index (κ1) is 12.6. The van der Waals surface area contributed by atoms with E-state index in [2.05, 4.69) is 0 Å². The van der Waals surface area contributed by atoms with Crippen LogP contribution >= 0.6 is 0 Å². The number of benzene rings is 1. The lowest BCUT2D eigenvalue weighted by Gasteiger charge is -2.21. The molecule has 0 bridgehead atoms. The molecule has 18 heavy (non-hydrogen) atoms. The van der Waals surface area contributed by atoms with Crippen LogP contribution in [0.1, 0.15) is 23.7 Å². The normalized spacial score (nSPS) is 22.4. The Morgan fingerprint density at radius 2 is 2.11 bits per heavy atom. The molecule has 0 fully saturated rings. The van der Waals surface area contributed by atoms with Crippen molar-refractivity contribution in [3.8, 4) is 0 Å². The van der Waals surface area contributed by atoms with E-state index in [4.69, 9.17) is 4.74 Å². The lowest BCUT2D eigenvalue weighted by molar-refractivity contribution is 0.0540. The lowest BCUT2D eigenvalue weighted by atomic mass is 9.94. The van der Waals surface area contributed by atoms with E-state index < -0.39 is 5.60 Å². The molecule has 1 aromatic rings. The lowest BCUT2D eigenvalue weighted by Crippen LogP contribution is -2.22. The molecule has 0 saturated carbocycles. The van der Waals surface area contributed by atoms with Crippen molar-refractivity contribution in [3.05, 3.63) is 59.7 Å². The average molecular weight is 244 g/mol. The van der Waals surface area contributed by atoms with E-state index in [1.165, 1.54) is 0 Å². The summed E-state index contributed by atoms with van der Waals surface area (Å²) in [6.45, 7) is 1.98. The molecular formula is C15H16O3. The molecule has 0 heterocycles. The zero-order valence-electron chi connectivity index (χ0n) is 10.3. The van der Waals surface area contributed by atoms with Gasteiger partial charge in [0, 0.05) is 0 Å². The first-order valence-corrected chi connectivity index (χ1v) is 5.90. The third kappa shape index (κ3) is 3.31. The number of ether oxygens (including phenoxy) is 1. The monoisotopic (exact) mass is 244 g/mol. The van der Waals surface area contributed by atoms with Gasteiger partial charge in [-0.25, -0.2) is 4.79 Å². The second-order valence-corrected chi connectivity index (χ2v) is 4.62. The molecule has 1 unspecified atom stereocenters. The molecule has 0 spiro atoms. The molecule has 1 aliphatic rings. The topological polar surface area (TPSA) is 46.5 Å². The van der Waals surface area contributed by atoms with Crippen LogP contribution in [0.15, 0.2) is 54.1 Å². The van der Waals surface area contributed by atoms with Gasteiger partial charge in [-0.1, -0.05) is 36.4 Å². The Hall–Kier alpha value is -1.87. The molecule has 1 atom stereocenters. The van der Waals surface area contributed by atoms with Crippen molar-refractivity contribution in [2.24, 2.45) is 0 Å². The van der Waals surface area contributed by atoms with Crippen molar-refractivity contribution in [2.45, 2.75) is 18.9 Å². The van der Waals surface area contributed by atoms with Gasteiger partial charge in [0.25, 0.3) is 0 Å². The first-order valence-electron chi connectivity index (χ1n) is 5.90. The number of hydrogen-bond donors (Lipinski definition) is 1. The fourth-order valence-electron chi connectivity index (χ4n) is 1.67. The maximum atomic E-state index is 11.7. The summed E-state index contributed by atoms with van der Waals surface area (Å²) in [6.07, 6.45) is 5.94. The number of carbonyl (C=O) groups is 1. The minimum atomic E-state index is -0.785. The number of rotatable bonds is 3. The molecular weight excluding hydrogens is 228 g/mol. The van der Waals surface area contributed by atoms with Crippen LogP contribution < -0.4 is 0 Å². The van der Waals surface area contributed by atoms with Crippen molar-refractivity contribution < 1.29 is 14.6 Å². The van der Waals surface area contributed by atoms with Gasteiger partial charge in [-0.3, -0.25) is 0 Å². The summed E-state index contributed by atoms with van der Waals surface area (Å²) in [6, 6.07) is 8.89. The molecule has 0 aromatic heterocycles. The highest BCUT2D eigenvalue weighted by Crippen LogP contribution is 2.20. The van der Waals surface area contributed by atoms with Gasteiger partial charge < -0.3 is 9.84 Å². The SMILES string of the molecule is CC1(O)C=CC(COC(=O)c2ccccc2)=CC1. The average Bonchev–Trinajstić information content (AvgIpc) is 2.38.